The molecule has 0 amide bonds. The van der Waals surface area contributed by atoms with Crippen molar-refractivity contribution in [1.82, 2.24) is 0 Å². The summed E-state index contributed by atoms with van der Waals surface area (Å²) < 4.78 is 5.57. The van der Waals surface area contributed by atoms with Crippen LogP contribution in [0.4, 0.5) is 0 Å². The number of ether oxygens (including phenoxy) is 1. The van der Waals surface area contributed by atoms with E-state index in [1.165, 1.54) is 5.56 Å². The Morgan fingerprint density at radius 3 is 2.67 bits per heavy atom. The first kappa shape index (κ1) is 12.5. The van der Waals surface area contributed by atoms with Crippen LogP contribution in [-0.4, -0.2) is 12.5 Å². The molecule has 2 heteroatoms. The molecule has 1 atom stereocenters. The average molecular weight is 227 g/mol. The summed E-state index contributed by atoms with van der Waals surface area (Å²) in [7, 11) is 0. The molecule has 0 bridgehead atoms. The first-order valence-electron chi connectivity index (χ1n) is 5.50. The molecule has 0 saturated heterocycles. The quantitative estimate of drug-likeness (QED) is 0.507. The van der Waals surface area contributed by atoms with Gasteiger partial charge in [-0.2, -0.15) is 0 Å². The van der Waals surface area contributed by atoms with Crippen molar-refractivity contribution in [3.8, 4) is 0 Å². The number of halogens is 1. The van der Waals surface area contributed by atoms with Gasteiger partial charge in [0, 0.05) is 12.5 Å². The van der Waals surface area contributed by atoms with E-state index in [1.807, 2.05) is 18.2 Å². The summed E-state index contributed by atoms with van der Waals surface area (Å²) in [4.78, 5) is 0. The standard InChI is InChI=1S/C13H19ClO/c1-12(10-14)6-5-9-15-11-13-7-3-2-4-8-13/h2-4,7-8,12H,5-6,9-11H2,1H3. The topological polar surface area (TPSA) is 9.23 Å². The van der Waals surface area contributed by atoms with E-state index in [1.54, 1.807) is 0 Å². The maximum atomic E-state index is 5.72. The molecule has 1 unspecified atom stereocenters. The van der Waals surface area contributed by atoms with Crippen molar-refractivity contribution in [2.24, 2.45) is 5.92 Å². The Morgan fingerprint density at radius 2 is 2.00 bits per heavy atom. The smallest absolute Gasteiger partial charge is 0.0716 e. The summed E-state index contributed by atoms with van der Waals surface area (Å²) in [6.45, 7) is 3.72. The number of rotatable bonds is 7. The van der Waals surface area contributed by atoms with E-state index in [-0.39, 0.29) is 0 Å². The van der Waals surface area contributed by atoms with Crippen molar-refractivity contribution >= 4 is 11.6 Å². The Bertz CT molecular complexity index is 248. The van der Waals surface area contributed by atoms with Gasteiger partial charge < -0.3 is 4.74 Å². The summed E-state index contributed by atoms with van der Waals surface area (Å²) in [5.74, 6) is 1.35. The Hall–Kier alpha value is -0.530. The largest absolute Gasteiger partial charge is 0.377 e. The highest BCUT2D eigenvalue weighted by atomic mass is 35.5. The summed E-state index contributed by atoms with van der Waals surface area (Å²) in [5.41, 5.74) is 1.24. The molecule has 1 rings (SSSR count). The van der Waals surface area contributed by atoms with Crippen LogP contribution in [0.25, 0.3) is 0 Å². The van der Waals surface area contributed by atoms with Crippen LogP contribution in [0.5, 0.6) is 0 Å². The van der Waals surface area contributed by atoms with Gasteiger partial charge in [0.2, 0.25) is 0 Å². The van der Waals surface area contributed by atoms with Crippen LogP contribution in [0, 0.1) is 5.92 Å². The van der Waals surface area contributed by atoms with Crippen LogP contribution >= 0.6 is 11.6 Å². The third kappa shape index (κ3) is 5.81. The average Bonchev–Trinajstić information content (AvgIpc) is 2.29. The van der Waals surface area contributed by atoms with Crippen LogP contribution in [0.3, 0.4) is 0 Å². The van der Waals surface area contributed by atoms with Crippen LogP contribution in [0.15, 0.2) is 30.3 Å². The fraction of sp³-hybridized carbons (Fsp3) is 0.538. The van der Waals surface area contributed by atoms with E-state index < -0.39 is 0 Å². The lowest BCUT2D eigenvalue weighted by Gasteiger charge is -2.07. The number of benzene rings is 1. The van der Waals surface area contributed by atoms with Crippen molar-refractivity contribution in [2.45, 2.75) is 26.4 Å². The lowest BCUT2D eigenvalue weighted by molar-refractivity contribution is 0.115. The second-order valence-electron chi connectivity index (χ2n) is 3.94. The van der Waals surface area contributed by atoms with Gasteiger partial charge in [-0.1, -0.05) is 37.3 Å². The van der Waals surface area contributed by atoms with Gasteiger partial charge in [-0.15, -0.1) is 11.6 Å². The number of hydrogen-bond donors (Lipinski definition) is 0. The van der Waals surface area contributed by atoms with E-state index in [0.717, 1.165) is 31.9 Å². The molecule has 0 aromatic heterocycles. The van der Waals surface area contributed by atoms with Gasteiger partial charge in [0.1, 0.15) is 0 Å². The van der Waals surface area contributed by atoms with E-state index >= 15 is 0 Å². The minimum Gasteiger partial charge on any atom is -0.377 e. The molecule has 1 aromatic carbocycles. The SMILES string of the molecule is CC(CCl)CCCOCc1ccccc1. The minimum atomic E-state index is 0.604. The molecule has 1 aromatic rings. The Morgan fingerprint density at radius 1 is 1.27 bits per heavy atom. The molecule has 15 heavy (non-hydrogen) atoms. The van der Waals surface area contributed by atoms with E-state index in [0.29, 0.717) is 5.92 Å². The first-order chi connectivity index (χ1) is 7.33. The van der Waals surface area contributed by atoms with Gasteiger partial charge in [0.15, 0.2) is 0 Å². The lowest BCUT2D eigenvalue weighted by atomic mass is 10.1. The number of alkyl halides is 1. The molecular weight excluding hydrogens is 208 g/mol. The Labute approximate surface area is 97.4 Å². The van der Waals surface area contributed by atoms with Gasteiger partial charge in [0.25, 0.3) is 0 Å². The zero-order valence-electron chi connectivity index (χ0n) is 9.29. The fourth-order valence-corrected chi connectivity index (χ4v) is 1.53. The molecule has 0 radical (unpaired) electrons. The molecule has 1 nitrogen and oxygen atoms in total. The third-order valence-corrected chi connectivity index (χ3v) is 2.89. The monoisotopic (exact) mass is 226 g/mol. The normalized spacial score (nSPS) is 12.7. The van der Waals surface area contributed by atoms with Crippen LogP contribution < -0.4 is 0 Å². The van der Waals surface area contributed by atoms with Crippen molar-refractivity contribution in [3.63, 3.8) is 0 Å². The van der Waals surface area contributed by atoms with E-state index in [9.17, 15) is 0 Å². The molecular formula is C13H19ClO. The Balaban J connectivity index is 2.03. The Kier molecular flexibility index (Phi) is 6.45. The van der Waals surface area contributed by atoms with Gasteiger partial charge in [-0.05, 0) is 24.3 Å². The van der Waals surface area contributed by atoms with Crippen LogP contribution in [0.1, 0.15) is 25.3 Å². The molecule has 0 N–H and O–H groups in total. The van der Waals surface area contributed by atoms with Gasteiger partial charge in [-0.3, -0.25) is 0 Å². The van der Waals surface area contributed by atoms with E-state index in [2.05, 4.69) is 19.1 Å². The zero-order valence-corrected chi connectivity index (χ0v) is 10.0. The second kappa shape index (κ2) is 7.72. The summed E-state index contributed by atoms with van der Waals surface area (Å²) in [6, 6.07) is 10.3. The predicted octanol–water partition coefficient (Wildman–Crippen LogP) is 3.86. The summed E-state index contributed by atoms with van der Waals surface area (Å²) in [6.07, 6.45) is 2.25. The highest BCUT2D eigenvalue weighted by molar-refractivity contribution is 6.18. The van der Waals surface area contributed by atoms with Crippen molar-refractivity contribution in [3.05, 3.63) is 35.9 Å². The molecule has 0 saturated carbocycles. The predicted molar refractivity (Wildman–Crippen MR) is 65.2 cm³/mol. The van der Waals surface area contributed by atoms with Crippen LogP contribution in [0.2, 0.25) is 0 Å². The molecule has 0 spiro atoms. The highest BCUT2D eigenvalue weighted by Crippen LogP contribution is 2.08. The summed E-state index contributed by atoms with van der Waals surface area (Å²) >= 11 is 5.72. The fourth-order valence-electron chi connectivity index (χ4n) is 1.38. The van der Waals surface area contributed by atoms with Crippen molar-refractivity contribution in [2.75, 3.05) is 12.5 Å². The first-order valence-corrected chi connectivity index (χ1v) is 6.04. The minimum absolute atomic E-state index is 0.604. The van der Waals surface area contributed by atoms with Gasteiger partial charge in [-0.25, -0.2) is 0 Å². The third-order valence-electron chi connectivity index (χ3n) is 2.36. The second-order valence-corrected chi connectivity index (χ2v) is 4.25. The van der Waals surface area contributed by atoms with E-state index in [4.69, 9.17) is 16.3 Å². The molecule has 84 valence electrons. The lowest BCUT2D eigenvalue weighted by Crippen LogP contribution is -2.00. The molecule has 0 aliphatic carbocycles. The highest BCUT2D eigenvalue weighted by Gasteiger charge is 1.99. The molecule has 0 fully saturated rings. The maximum absolute atomic E-state index is 5.72. The molecule has 0 aliphatic heterocycles. The van der Waals surface area contributed by atoms with Crippen molar-refractivity contribution < 1.29 is 4.74 Å². The van der Waals surface area contributed by atoms with Crippen LogP contribution in [-0.2, 0) is 11.3 Å². The molecule has 0 aliphatic rings. The molecule has 0 heterocycles. The summed E-state index contributed by atoms with van der Waals surface area (Å²) in [5, 5.41) is 0. The maximum Gasteiger partial charge on any atom is 0.0716 e. The number of hydrogen-bond acceptors (Lipinski definition) is 1. The zero-order chi connectivity index (χ0) is 10.9. The van der Waals surface area contributed by atoms with Crippen molar-refractivity contribution in [1.29, 1.82) is 0 Å². The van der Waals surface area contributed by atoms with Gasteiger partial charge in [0.05, 0.1) is 6.61 Å². The van der Waals surface area contributed by atoms with Gasteiger partial charge >= 0.3 is 0 Å².